The van der Waals surface area contributed by atoms with E-state index in [0.717, 1.165) is 11.3 Å². The van der Waals surface area contributed by atoms with Crippen LogP contribution in [0.2, 0.25) is 10.0 Å². The van der Waals surface area contributed by atoms with E-state index in [4.69, 9.17) is 23.2 Å². The maximum absolute atomic E-state index is 5.90. The van der Waals surface area contributed by atoms with E-state index in [1.165, 1.54) is 5.56 Å². The van der Waals surface area contributed by atoms with E-state index in [9.17, 15) is 0 Å². The van der Waals surface area contributed by atoms with Crippen LogP contribution in [0, 0.1) is 6.92 Å². The van der Waals surface area contributed by atoms with Crippen molar-refractivity contribution in [3.05, 3.63) is 63.6 Å². The molecule has 92 valence electrons. The quantitative estimate of drug-likeness (QED) is 0.636. The van der Waals surface area contributed by atoms with Crippen molar-refractivity contribution < 1.29 is 0 Å². The molecule has 0 amide bonds. The first-order valence-electron chi connectivity index (χ1n) is 5.46. The Morgan fingerprint density at radius 1 is 1.00 bits per heavy atom. The maximum Gasteiger partial charge on any atom is 0.0613 e. The molecule has 0 saturated heterocycles. The molecule has 0 aliphatic carbocycles. The van der Waals surface area contributed by atoms with Gasteiger partial charge in [-0.2, -0.15) is 5.10 Å². The largest absolute Gasteiger partial charge is 0.278 e. The number of nitrogens with zero attached hydrogens (tertiary/aromatic N) is 1. The standard InChI is InChI=1S/C14H12Cl2N2/c1-10-2-4-11(5-3-10)9-17-18-12-6-7-13(15)14(16)8-12/h2-9,18H,1H3. The van der Waals surface area contributed by atoms with Crippen LogP contribution < -0.4 is 5.43 Å². The van der Waals surface area contributed by atoms with Gasteiger partial charge in [0.15, 0.2) is 0 Å². The number of benzene rings is 2. The van der Waals surface area contributed by atoms with Gasteiger partial charge < -0.3 is 0 Å². The predicted molar refractivity (Wildman–Crippen MR) is 78.9 cm³/mol. The molecule has 0 saturated carbocycles. The zero-order valence-corrected chi connectivity index (χ0v) is 11.3. The highest BCUT2D eigenvalue weighted by molar-refractivity contribution is 6.42. The van der Waals surface area contributed by atoms with E-state index < -0.39 is 0 Å². The summed E-state index contributed by atoms with van der Waals surface area (Å²) in [5, 5.41) is 5.17. The Balaban J connectivity index is 2.02. The summed E-state index contributed by atoms with van der Waals surface area (Å²) in [6, 6.07) is 13.4. The Morgan fingerprint density at radius 2 is 1.72 bits per heavy atom. The summed E-state index contributed by atoms with van der Waals surface area (Å²) in [5.74, 6) is 0. The minimum atomic E-state index is 0.507. The van der Waals surface area contributed by atoms with E-state index in [1.807, 2.05) is 30.3 Å². The van der Waals surface area contributed by atoms with E-state index in [0.29, 0.717) is 10.0 Å². The first-order chi connectivity index (χ1) is 8.65. The van der Waals surface area contributed by atoms with Gasteiger partial charge in [0.25, 0.3) is 0 Å². The Kier molecular flexibility index (Phi) is 4.24. The first-order valence-corrected chi connectivity index (χ1v) is 6.21. The number of aryl methyl sites for hydroxylation is 1. The number of nitrogens with one attached hydrogen (secondary N) is 1. The molecule has 2 rings (SSSR count). The summed E-state index contributed by atoms with van der Waals surface area (Å²) in [6.07, 6.45) is 1.75. The molecule has 0 aromatic heterocycles. The molecule has 0 fully saturated rings. The molecule has 0 aliphatic rings. The fourth-order valence-corrected chi connectivity index (χ4v) is 1.70. The van der Waals surface area contributed by atoms with Gasteiger partial charge in [0.1, 0.15) is 0 Å². The van der Waals surface area contributed by atoms with Crippen molar-refractivity contribution >= 4 is 35.1 Å². The van der Waals surface area contributed by atoms with Gasteiger partial charge in [-0.3, -0.25) is 5.43 Å². The summed E-state index contributed by atoms with van der Waals surface area (Å²) < 4.78 is 0. The highest BCUT2D eigenvalue weighted by atomic mass is 35.5. The average molecular weight is 279 g/mol. The zero-order valence-electron chi connectivity index (χ0n) is 9.82. The molecule has 0 atom stereocenters. The summed E-state index contributed by atoms with van der Waals surface area (Å²) in [6.45, 7) is 2.05. The van der Waals surface area contributed by atoms with Crippen LogP contribution in [0.3, 0.4) is 0 Å². The van der Waals surface area contributed by atoms with Crippen LogP contribution in [0.5, 0.6) is 0 Å². The van der Waals surface area contributed by atoms with Gasteiger partial charge in [0.2, 0.25) is 0 Å². The highest BCUT2D eigenvalue weighted by Gasteiger charge is 1.97. The van der Waals surface area contributed by atoms with Crippen molar-refractivity contribution in [3.63, 3.8) is 0 Å². The van der Waals surface area contributed by atoms with Crippen LogP contribution in [-0.2, 0) is 0 Å². The number of hydrogen-bond acceptors (Lipinski definition) is 2. The predicted octanol–water partition coefficient (Wildman–Crippen LogP) is 4.75. The van der Waals surface area contributed by atoms with Crippen LogP contribution in [0.1, 0.15) is 11.1 Å². The van der Waals surface area contributed by atoms with Crippen molar-refractivity contribution in [1.82, 2.24) is 0 Å². The van der Waals surface area contributed by atoms with Gasteiger partial charge in [0, 0.05) is 0 Å². The SMILES string of the molecule is Cc1ccc(C=NNc2ccc(Cl)c(Cl)c2)cc1. The molecule has 4 heteroatoms. The van der Waals surface area contributed by atoms with Crippen LogP contribution in [0.4, 0.5) is 5.69 Å². The van der Waals surface area contributed by atoms with Crippen molar-refractivity contribution in [1.29, 1.82) is 0 Å². The summed E-state index contributed by atoms with van der Waals surface area (Å²) >= 11 is 11.7. The normalized spacial score (nSPS) is 10.8. The Bertz CT molecular complexity index is 563. The van der Waals surface area contributed by atoms with E-state index in [1.54, 1.807) is 18.3 Å². The number of anilines is 1. The molecular weight excluding hydrogens is 267 g/mol. The smallest absolute Gasteiger partial charge is 0.0613 e. The lowest BCUT2D eigenvalue weighted by molar-refractivity contribution is 1.35. The van der Waals surface area contributed by atoms with E-state index >= 15 is 0 Å². The Labute approximate surface area is 116 Å². The molecule has 0 radical (unpaired) electrons. The Hall–Kier alpha value is -1.51. The number of hydrogen-bond donors (Lipinski definition) is 1. The number of hydrazone groups is 1. The topological polar surface area (TPSA) is 24.4 Å². The van der Waals surface area contributed by atoms with Crippen LogP contribution in [-0.4, -0.2) is 6.21 Å². The van der Waals surface area contributed by atoms with Gasteiger partial charge >= 0.3 is 0 Å². The van der Waals surface area contributed by atoms with Crippen LogP contribution >= 0.6 is 23.2 Å². The lowest BCUT2D eigenvalue weighted by Crippen LogP contribution is -1.90. The Morgan fingerprint density at radius 3 is 2.39 bits per heavy atom. The van der Waals surface area contributed by atoms with Gasteiger partial charge in [-0.25, -0.2) is 0 Å². The van der Waals surface area contributed by atoms with Crippen LogP contribution in [0.25, 0.3) is 0 Å². The highest BCUT2D eigenvalue weighted by Crippen LogP contribution is 2.24. The fraction of sp³-hybridized carbons (Fsp3) is 0.0714. The minimum Gasteiger partial charge on any atom is -0.278 e. The van der Waals surface area contributed by atoms with Crippen molar-refractivity contribution in [2.45, 2.75) is 6.92 Å². The molecule has 0 heterocycles. The van der Waals surface area contributed by atoms with Gasteiger partial charge in [-0.05, 0) is 30.7 Å². The van der Waals surface area contributed by atoms with Gasteiger partial charge in [-0.15, -0.1) is 0 Å². The second kappa shape index (κ2) is 5.89. The second-order valence-corrected chi connectivity index (χ2v) is 4.72. The molecule has 2 nitrogen and oxygen atoms in total. The minimum absolute atomic E-state index is 0.507. The number of halogens is 2. The maximum atomic E-state index is 5.90. The van der Waals surface area contributed by atoms with E-state index in [-0.39, 0.29) is 0 Å². The van der Waals surface area contributed by atoms with Crippen molar-refractivity contribution in [3.8, 4) is 0 Å². The summed E-state index contributed by atoms with van der Waals surface area (Å²) in [4.78, 5) is 0. The zero-order chi connectivity index (χ0) is 13.0. The third kappa shape index (κ3) is 3.49. The molecule has 0 unspecified atom stereocenters. The summed E-state index contributed by atoms with van der Waals surface area (Å²) in [7, 11) is 0. The second-order valence-electron chi connectivity index (χ2n) is 3.91. The first kappa shape index (κ1) is 12.9. The molecule has 2 aromatic rings. The molecule has 0 aliphatic heterocycles. The fourth-order valence-electron chi connectivity index (χ4n) is 1.40. The number of rotatable bonds is 3. The molecule has 2 aromatic carbocycles. The van der Waals surface area contributed by atoms with Crippen LogP contribution in [0.15, 0.2) is 47.6 Å². The third-order valence-corrected chi connectivity index (χ3v) is 3.14. The average Bonchev–Trinajstić information content (AvgIpc) is 2.36. The molecular formula is C14H12Cl2N2. The third-order valence-electron chi connectivity index (χ3n) is 2.40. The summed E-state index contributed by atoms with van der Waals surface area (Å²) in [5.41, 5.74) is 5.96. The van der Waals surface area contributed by atoms with Crippen molar-refractivity contribution in [2.75, 3.05) is 5.43 Å². The van der Waals surface area contributed by atoms with E-state index in [2.05, 4.69) is 17.5 Å². The molecule has 18 heavy (non-hydrogen) atoms. The lowest BCUT2D eigenvalue weighted by atomic mass is 10.2. The van der Waals surface area contributed by atoms with Gasteiger partial charge in [0.05, 0.1) is 21.9 Å². The molecule has 0 bridgehead atoms. The monoisotopic (exact) mass is 278 g/mol. The van der Waals surface area contributed by atoms with Crippen molar-refractivity contribution in [2.24, 2.45) is 5.10 Å². The molecule has 0 spiro atoms. The lowest BCUT2D eigenvalue weighted by Gasteiger charge is -2.01. The molecule has 1 N–H and O–H groups in total. The van der Waals surface area contributed by atoms with Gasteiger partial charge in [-0.1, -0.05) is 53.0 Å².